The molecule has 1 atom stereocenters. The molecule has 0 bridgehead atoms. The molecule has 0 spiro atoms. The van der Waals surface area contributed by atoms with Gasteiger partial charge in [-0.15, -0.1) is 0 Å². The SMILES string of the molecule is CCc1ccc(COc2ccc(C(=O)NC(CCOc3ccccc3)C(=O)O)c(C)c2C)cc1. The number of benzene rings is 3. The molecular weight excluding hydrogens is 430 g/mol. The van der Waals surface area contributed by atoms with E-state index in [4.69, 9.17) is 9.47 Å². The van der Waals surface area contributed by atoms with Gasteiger partial charge in [0.15, 0.2) is 0 Å². The maximum absolute atomic E-state index is 12.9. The fourth-order valence-corrected chi connectivity index (χ4v) is 3.54. The fraction of sp³-hybridized carbons (Fsp3) is 0.286. The Bertz CT molecular complexity index is 1110. The highest BCUT2D eigenvalue weighted by Crippen LogP contribution is 2.25. The second kappa shape index (κ2) is 11.9. The van der Waals surface area contributed by atoms with E-state index in [9.17, 15) is 14.7 Å². The van der Waals surface area contributed by atoms with Gasteiger partial charge in [0, 0.05) is 12.0 Å². The molecule has 0 saturated heterocycles. The molecule has 2 N–H and O–H groups in total. The third-order valence-corrected chi connectivity index (χ3v) is 5.83. The molecule has 34 heavy (non-hydrogen) atoms. The van der Waals surface area contributed by atoms with Crippen LogP contribution in [0.4, 0.5) is 0 Å². The first-order valence-corrected chi connectivity index (χ1v) is 11.4. The lowest BCUT2D eigenvalue weighted by Crippen LogP contribution is -2.42. The van der Waals surface area contributed by atoms with Gasteiger partial charge in [0.25, 0.3) is 5.91 Å². The normalized spacial score (nSPS) is 11.5. The summed E-state index contributed by atoms with van der Waals surface area (Å²) in [7, 11) is 0. The van der Waals surface area contributed by atoms with E-state index in [1.165, 1.54) is 5.56 Å². The Hall–Kier alpha value is -3.80. The summed E-state index contributed by atoms with van der Waals surface area (Å²) in [6.45, 7) is 6.45. The Balaban J connectivity index is 1.61. The number of carboxylic acid groups (broad SMARTS) is 1. The predicted molar refractivity (Wildman–Crippen MR) is 132 cm³/mol. The minimum atomic E-state index is -1.10. The number of carbonyl (C=O) groups is 2. The molecule has 178 valence electrons. The zero-order valence-corrected chi connectivity index (χ0v) is 19.8. The van der Waals surface area contributed by atoms with Gasteiger partial charge >= 0.3 is 5.97 Å². The summed E-state index contributed by atoms with van der Waals surface area (Å²) in [6.07, 6.45) is 1.14. The first-order chi connectivity index (χ1) is 16.4. The smallest absolute Gasteiger partial charge is 0.326 e. The molecule has 1 unspecified atom stereocenters. The van der Waals surface area contributed by atoms with Crippen LogP contribution in [0.25, 0.3) is 0 Å². The number of ether oxygens (including phenoxy) is 2. The van der Waals surface area contributed by atoms with Gasteiger partial charge in [-0.1, -0.05) is 49.4 Å². The van der Waals surface area contributed by atoms with Crippen molar-refractivity contribution in [1.29, 1.82) is 0 Å². The molecule has 0 aliphatic heterocycles. The van der Waals surface area contributed by atoms with Gasteiger partial charge in [0.05, 0.1) is 6.61 Å². The lowest BCUT2D eigenvalue weighted by Gasteiger charge is -2.18. The van der Waals surface area contributed by atoms with Crippen molar-refractivity contribution >= 4 is 11.9 Å². The number of hydrogen-bond acceptors (Lipinski definition) is 4. The molecule has 3 rings (SSSR count). The molecule has 1 amide bonds. The molecule has 0 radical (unpaired) electrons. The summed E-state index contributed by atoms with van der Waals surface area (Å²) in [5, 5.41) is 12.2. The van der Waals surface area contributed by atoms with Gasteiger partial charge < -0.3 is 19.9 Å². The van der Waals surface area contributed by atoms with E-state index in [2.05, 4.69) is 36.5 Å². The Kier molecular flexibility index (Phi) is 8.68. The monoisotopic (exact) mass is 461 g/mol. The van der Waals surface area contributed by atoms with Crippen molar-refractivity contribution in [1.82, 2.24) is 5.32 Å². The number of amides is 1. The van der Waals surface area contributed by atoms with Crippen molar-refractivity contribution in [2.45, 2.75) is 46.3 Å². The van der Waals surface area contributed by atoms with Crippen LogP contribution in [0.1, 0.15) is 46.0 Å². The van der Waals surface area contributed by atoms with Crippen molar-refractivity contribution in [3.05, 3.63) is 94.5 Å². The summed E-state index contributed by atoms with van der Waals surface area (Å²) < 4.78 is 11.6. The topological polar surface area (TPSA) is 84.9 Å². The zero-order chi connectivity index (χ0) is 24.5. The van der Waals surface area contributed by atoms with Crippen LogP contribution in [0, 0.1) is 13.8 Å². The molecule has 0 saturated carbocycles. The largest absolute Gasteiger partial charge is 0.494 e. The molecular formula is C28H31NO5. The number of carbonyl (C=O) groups excluding carboxylic acids is 1. The maximum atomic E-state index is 12.9. The molecule has 0 aliphatic carbocycles. The van der Waals surface area contributed by atoms with E-state index in [-0.39, 0.29) is 13.0 Å². The van der Waals surface area contributed by atoms with Crippen LogP contribution >= 0.6 is 0 Å². The van der Waals surface area contributed by atoms with Crippen molar-refractivity contribution in [3.63, 3.8) is 0 Å². The van der Waals surface area contributed by atoms with Crippen molar-refractivity contribution < 1.29 is 24.2 Å². The van der Waals surface area contributed by atoms with Gasteiger partial charge in [0.2, 0.25) is 0 Å². The van der Waals surface area contributed by atoms with E-state index in [0.29, 0.717) is 23.7 Å². The molecule has 3 aromatic carbocycles. The number of carboxylic acids is 1. The van der Waals surface area contributed by atoms with E-state index >= 15 is 0 Å². The van der Waals surface area contributed by atoms with Crippen LogP contribution in [0.3, 0.4) is 0 Å². The van der Waals surface area contributed by atoms with Gasteiger partial charge in [-0.05, 0) is 66.8 Å². The van der Waals surface area contributed by atoms with E-state index in [0.717, 1.165) is 23.1 Å². The number of rotatable bonds is 11. The molecule has 3 aromatic rings. The van der Waals surface area contributed by atoms with Crippen LogP contribution in [0.2, 0.25) is 0 Å². The Labute approximate surface area is 200 Å². The van der Waals surface area contributed by atoms with E-state index in [1.807, 2.05) is 32.0 Å². The van der Waals surface area contributed by atoms with Crippen LogP contribution < -0.4 is 14.8 Å². The summed E-state index contributed by atoms with van der Waals surface area (Å²) in [5.41, 5.74) is 4.36. The second-order valence-corrected chi connectivity index (χ2v) is 8.13. The fourth-order valence-electron chi connectivity index (χ4n) is 3.54. The molecule has 6 heteroatoms. The van der Waals surface area contributed by atoms with Crippen LogP contribution in [0.15, 0.2) is 66.7 Å². The van der Waals surface area contributed by atoms with Crippen molar-refractivity contribution in [2.24, 2.45) is 0 Å². The first kappa shape index (κ1) is 24.8. The average Bonchev–Trinajstić information content (AvgIpc) is 2.85. The minimum Gasteiger partial charge on any atom is -0.494 e. The second-order valence-electron chi connectivity index (χ2n) is 8.13. The standard InChI is InChI=1S/C28H31NO5/c1-4-21-10-12-22(13-11-21)18-34-26-15-14-24(19(2)20(26)3)27(30)29-25(28(31)32)16-17-33-23-8-6-5-7-9-23/h5-15,25H,4,16-18H2,1-3H3,(H,29,30)(H,31,32). The molecule has 0 heterocycles. The summed E-state index contributed by atoms with van der Waals surface area (Å²) in [6, 6.07) is 19.8. The quantitative estimate of drug-likeness (QED) is 0.415. The van der Waals surface area contributed by atoms with E-state index in [1.54, 1.807) is 24.3 Å². The lowest BCUT2D eigenvalue weighted by atomic mass is 10.0. The summed E-state index contributed by atoms with van der Waals surface area (Å²) in [5.74, 6) is -0.191. The van der Waals surface area contributed by atoms with Crippen molar-refractivity contribution in [2.75, 3.05) is 6.61 Å². The lowest BCUT2D eigenvalue weighted by molar-refractivity contribution is -0.139. The van der Waals surface area contributed by atoms with Crippen LogP contribution in [-0.2, 0) is 17.8 Å². The highest BCUT2D eigenvalue weighted by molar-refractivity contribution is 5.98. The Morgan fingerprint density at radius 2 is 1.56 bits per heavy atom. The average molecular weight is 462 g/mol. The zero-order valence-electron chi connectivity index (χ0n) is 19.8. The third kappa shape index (κ3) is 6.61. The number of hydrogen-bond donors (Lipinski definition) is 2. The third-order valence-electron chi connectivity index (χ3n) is 5.83. The Morgan fingerprint density at radius 3 is 2.21 bits per heavy atom. The summed E-state index contributed by atoms with van der Waals surface area (Å²) in [4.78, 5) is 24.5. The minimum absolute atomic E-state index is 0.145. The van der Waals surface area contributed by atoms with Gasteiger partial charge in [-0.25, -0.2) is 4.79 Å². The predicted octanol–water partition coefficient (Wildman–Crippen LogP) is 5.10. The van der Waals surface area contributed by atoms with Gasteiger partial charge in [-0.3, -0.25) is 4.79 Å². The van der Waals surface area contributed by atoms with Gasteiger partial charge in [-0.2, -0.15) is 0 Å². The summed E-state index contributed by atoms with van der Waals surface area (Å²) >= 11 is 0. The highest BCUT2D eigenvalue weighted by atomic mass is 16.5. The Morgan fingerprint density at radius 1 is 0.882 bits per heavy atom. The van der Waals surface area contributed by atoms with Gasteiger partial charge in [0.1, 0.15) is 24.1 Å². The number of para-hydroxylation sites is 1. The molecule has 0 fully saturated rings. The number of aliphatic carboxylic acids is 1. The molecule has 0 aromatic heterocycles. The number of nitrogens with one attached hydrogen (secondary N) is 1. The van der Waals surface area contributed by atoms with Crippen LogP contribution in [-0.4, -0.2) is 29.6 Å². The molecule has 0 aliphatic rings. The molecule has 6 nitrogen and oxygen atoms in total. The highest BCUT2D eigenvalue weighted by Gasteiger charge is 2.22. The maximum Gasteiger partial charge on any atom is 0.326 e. The van der Waals surface area contributed by atoms with Crippen molar-refractivity contribution in [3.8, 4) is 11.5 Å². The van der Waals surface area contributed by atoms with E-state index < -0.39 is 17.9 Å². The first-order valence-electron chi connectivity index (χ1n) is 11.4. The number of aryl methyl sites for hydroxylation is 1. The van der Waals surface area contributed by atoms with Crippen LogP contribution in [0.5, 0.6) is 11.5 Å².